The fourth-order valence-corrected chi connectivity index (χ4v) is 5.80. The Morgan fingerprint density at radius 3 is 2.85 bits per heavy atom. The summed E-state index contributed by atoms with van der Waals surface area (Å²) in [5.74, 6) is 1.97. The molecule has 2 aliphatic rings. The van der Waals surface area contributed by atoms with E-state index in [0.717, 1.165) is 56.7 Å². The Hall–Kier alpha value is 0.180. The molecule has 0 saturated carbocycles. The van der Waals surface area contributed by atoms with Gasteiger partial charge < -0.3 is 5.32 Å². The highest BCUT2D eigenvalue weighted by Gasteiger charge is 2.34. The maximum Gasteiger partial charge on any atom is 0.280 e. The highest BCUT2D eigenvalue weighted by molar-refractivity contribution is 7.99. The summed E-state index contributed by atoms with van der Waals surface area (Å²) in [5, 5.41) is 3.36. The third-order valence-electron chi connectivity index (χ3n) is 3.93. The van der Waals surface area contributed by atoms with E-state index in [-0.39, 0.29) is 12.1 Å². The molecule has 118 valence electrons. The molecule has 0 aliphatic carbocycles. The smallest absolute Gasteiger partial charge is 0.280 e. The second-order valence-electron chi connectivity index (χ2n) is 5.65. The first-order valence-corrected chi connectivity index (χ1v) is 10.3. The molecule has 7 heteroatoms. The standard InChI is InChI=1S/C13H27N3O2S2/c1-2-7-14-10-13-5-3-4-8-16(13)20(17,18)15-12-6-9-19-11-12/h12-15H,2-11H2,1H3. The summed E-state index contributed by atoms with van der Waals surface area (Å²) < 4.78 is 29.7. The zero-order valence-corrected chi connectivity index (χ0v) is 13.9. The van der Waals surface area contributed by atoms with Crippen LogP contribution in [0.15, 0.2) is 0 Å². The van der Waals surface area contributed by atoms with E-state index in [4.69, 9.17) is 0 Å². The normalized spacial score (nSPS) is 28.9. The number of nitrogens with one attached hydrogen (secondary N) is 2. The van der Waals surface area contributed by atoms with Crippen molar-refractivity contribution in [1.82, 2.24) is 14.3 Å². The summed E-state index contributed by atoms with van der Waals surface area (Å²) in [4.78, 5) is 0. The van der Waals surface area contributed by atoms with E-state index in [9.17, 15) is 8.42 Å². The minimum atomic E-state index is -3.32. The van der Waals surface area contributed by atoms with E-state index in [2.05, 4.69) is 17.0 Å². The Bertz CT molecular complexity index is 383. The minimum absolute atomic E-state index is 0.113. The van der Waals surface area contributed by atoms with Gasteiger partial charge in [-0.05, 0) is 38.0 Å². The van der Waals surface area contributed by atoms with Crippen molar-refractivity contribution in [2.24, 2.45) is 0 Å². The fourth-order valence-electron chi connectivity index (χ4n) is 2.85. The zero-order chi connectivity index (χ0) is 14.4. The van der Waals surface area contributed by atoms with E-state index in [1.54, 1.807) is 4.31 Å². The summed E-state index contributed by atoms with van der Waals surface area (Å²) in [5.41, 5.74) is 0. The molecule has 0 spiro atoms. The van der Waals surface area contributed by atoms with E-state index in [1.165, 1.54) is 0 Å². The maximum absolute atomic E-state index is 12.6. The number of nitrogens with zero attached hydrogens (tertiary/aromatic N) is 1. The van der Waals surface area contributed by atoms with Crippen LogP contribution >= 0.6 is 11.8 Å². The summed E-state index contributed by atoms with van der Waals surface area (Å²) in [6.45, 7) is 4.51. The van der Waals surface area contributed by atoms with Gasteiger partial charge in [0.25, 0.3) is 10.2 Å². The van der Waals surface area contributed by atoms with Crippen LogP contribution in [0.5, 0.6) is 0 Å². The Kier molecular flexibility index (Phi) is 6.61. The number of hydrogen-bond donors (Lipinski definition) is 2. The van der Waals surface area contributed by atoms with Crippen LogP contribution in [0.4, 0.5) is 0 Å². The van der Waals surface area contributed by atoms with Crippen molar-refractivity contribution in [1.29, 1.82) is 0 Å². The molecule has 5 nitrogen and oxygen atoms in total. The third-order valence-corrected chi connectivity index (χ3v) is 6.83. The lowest BCUT2D eigenvalue weighted by Gasteiger charge is -2.35. The first-order chi connectivity index (χ1) is 9.63. The average Bonchev–Trinajstić information content (AvgIpc) is 2.91. The first-order valence-electron chi connectivity index (χ1n) is 7.71. The topological polar surface area (TPSA) is 61.4 Å². The van der Waals surface area contributed by atoms with Crippen molar-refractivity contribution in [2.75, 3.05) is 31.1 Å². The van der Waals surface area contributed by atoms with Crippen LogP contribution in [0.3, 0.4) is 0 Å². The highest BCUT2D eigenvalue weighted by atomic mass is 32.2. The van der Waals surface area contributed by atoms with Crippen molar-refractivity contribution in [3.8, 4) is 0 Å². The molecule has 0 aromatic heterocycles. The van der Waals surface area contributed by atoms with Crippen LogP contribution in [0.2, 0.25) is 0 Å². The second kappa shape index (κ2) is 7.98. The van der Waals surface area contributed by atoms with E-state index in [0.29, 0.717) is 6.54 Å². The predicted molar refractivity (Wildman–Crippen MR) is 85.3 cm³/mol. The molecule has 2 rings (SSSR count). The monoisotopic (exact) mass is 321 g/mol. The molecule has 0 aromatic carbocycles. The molecule has 2 N–H and O–H groups in total. The van der Waals surface area contributed by atoms with Gasteiger partial charge in [0.15, 0.2) is 0 Å². The predicted octanol–water partition coefficient (Wildman–Crippen LogP) is 1.18. The van der Waals surface area contributed by atoms with Crippen LogP contribution in [-0.4, -0.2) is 55.9 Å². The molecule has 2 saturated heterocycles. The molecular formula is C13H27N3O2S2. The Balaban J connectivity index is 1.94. The van der Waals surface area contributed by atoms with Gasteiger partial charge >= 0.3 is 0 Å². The largest absolute Gasteiger partial charge is 0.315 e. The molecule has 2 heterocycles. The first kappa shape index (κ1) is 16.5. The van der Waals surface area contributed by atoms with Crippen LogP contribution in [-0.2, 0) is 10.2 Å². The minimum Gasteiger partial charge on any atom is -0.315 e. The van der Waals surface area contributed by atoms with E-state index >= 15 is 0 Å². The molecule has 2 atom stereocenters. The van der Waals surface area contributed by atoms with Crippen molar-refractivity contribution >= 4 is 22.0 Å². The van der Waals surface area contributed by atoms with Crippen molar-refractivity contribution in [3.05, 3.63) is 0 Å². The van der Waals surface area contributed by atoms with Gasteiger partial charge in [0, 0.05) is 30.9 Å². The SMILES string of the molecule is CCCNCC1CCCCN1S(=O)(=O)NC1CCSC1. The molecule has 20 heavy (non-hydrogen) atoms. The van der Waals surface area contributed by atoms with Gasteiger partial charge in [0.1, 0.15) is 0 Å². The maximum atomic E-state index is 12.6. The lowest BCUT2D eigenvalue weighted by Crippen LogP contribution is -2.54. The van der Waals surface area contributed by atoms with Gasteiger partial charge in [-0.1, -0.05) is 13.3 Å². The van der Waals surface area contributed by atoms with E-state index < -0.39 is 10.2 Å². The van der Waals surface area contributed by atoms with Crippen LogP contribution in [0, 0.1) is 0 Å². The van der Waals surface area contributed by atoms with Gasteiger partial charge in [-0.15, -0.1) is 0 Å². The molecule has 2 aliphatic heterocycles. The van der Waals surface area contributed by atoms with Crippen molar-refractivity contribution in [2.45, 2.75) is 51.1 Å². The van der Waals surface area contributed by atoms with Gasteiger partial charge in [-0.25, -0.2) is 0 Å². The molecule has 0 amide bonds. The van der Waals surface area contributed by atoms with Crippen LogP contribution in [0.1, 0.15) is 39.0 Å². The Labute approximate surface area is 127 Å². The van der Waals surface area contributed by atoms with Crippen molar-refractivity contribution in [3.63, 3.8) is 0 Å². The summed E-state index contributed by atoms with van der Waals surface area (Å²) >= 11 is 1.83. The zero-order valence-electron chi connectivity index (χ0n) is 12.3. The van der Waals surface area contributed by atoms with Gasteiger partial charge in [0.2, 0.25) is 0 Å². The number of piperidine rings is 1. The number of rotatable bonds is 7. The van der Waals surface area contributed by atoms with Gasteiger partial charge in [0.05, 0.1) is 0 Å². The highest BCUT2D eigenvalue weighted by Crippen LogP contribution is 2.22. The molecule has 0 radical (unpaired) electrons. The number of thioether (sulfide) groups is 1. The van der Waals surface area contributed by atoms with E-state index in [1.807, 2.05) is 11.8 Å². The summed E-state index contributed by atoms with van der Waals surface area (Å²) in [7, 11) is -3.32. The molecule has 2 fully saturated rings. The fraction of sp³-hybridized carbons (Fsp3) is 1.00. The van der Waals surface area contributed by atoms with Crippen LogP contribution < -0.4 is 10.0 Å². The average molecular weight is 322 g/mol. The second-order valence-corrected chi connectivity index (χ2v) is 8.45. The summed E-state index contributed by atoms with van der Waals surface area (Å²) in [6, 6.07) is 0.234. The van der Waals surface area contributed by atoms with Crippen molar-refractivity contribution < 1.29 is 8.42 Å². The Morgan fingerprint density at radius 1 is 1.30 bits per heavy atom. The quantitative estimate of drug-likeness (QED) is 0.691. The van der Waals surface area contributed by atoms with Crippen LogP contribution in [0.25, 0.3) is 0 Å². The molecule has 2 unspecified atom stereocenters. The Morgan fingerprint density at radius 2 is 2.15 bits per heavy atom. The van der Waals surface area contributed by atoms with Gasteiger partial charge in [-0.3, -0.25) is 0 Å². The molecule has 0 aromatic rings. The summed E-state index contributed by atoms with van der Waals surface area (Å²) in [6.07, 6.45) is 5.11. The molecular weight excluding hydrogens is 294 g/mol. The lowest BCUT2D eigenvalue weighted by molar-refractivity contribution is 0.242. The van der Waals surface area contributed by atoms with Gasteiger partial charge in [-0.2, -0.15) is 29.2 Å². The molecule has 0 bridgehead atoms. The lowest BCUT2D eigenvalue weighted by atomic mass is 10.1. The number of hydrogen-bond acceptors (Lipinski definition) is 4. The third kappa shape index (κ3) is 4.59.